The van der Waals surface area contributed by atoms with Gasteiger partial charge in [0.2, 0.25) is 11.8 Å². The van der Waals surface area contributed by atoms with E-state index < -0.39 is 12.4 Å². The summed E-state index contributed by atoms with van der Waals surface area (Å²) in [7, 11) is 1.52. The number of carbonyl (C=O) groups is 2. The van der Waals surface area contributed by atoms with Crippen LogP contribution in [0.5, 0.6) is 0 Å². The van der Waals surface area contributed by atoms with E-state index in [2.05, 4.69) is 9.98 Å². The molecule has 0 saturated heterocycles. The molecule has 2 aromatic rings. The molecule has 3 rings (SSSR count). The van der Waals surface area contributed by atoms with Gasteiger partial charge in [-0.15, -0.1) is 0 Å². The topological polar surface area (TPSA) is 92.6 Å². The number of rotatable bonds is 5. The van der Waals surface area contributed by atoms with Crippen LogP contribution in [-0.2, 0) is 16.1 Å². The molecule has 0 spiro atoms. The first-order chi connectivity index (χ1) is 14.9. The first-order valence-corrected chi connectivity index (χ1v) is 10.7. The lowest BCUT2D eigenvalue weighted by Crippen LogP contribution is -2.53. The average Bonchev–Trinajstić information content (AvgIpc) is 2.83. The van der Waals surface area contributed by atoms with Gasteiger partial charge in [-0.2, -0.15) is 3.11 Å². The van der Waals surface area contributed by atoms with Crippen molar-refractivity contribution in [2.45, 2.75) is 25.9 Å². The number of likely N-dealkylation sites (N-methyl/N-ethyl adjacent to an activating group) is 1. The van der Waals surface area contributed by atoms with Crippen LogP contribution in [0.15, 0.2) is 59.7 Å². The van der Waals surface area contributed by atoms with E-state index in [9.17, 15) is 14.7 Å². The number of aliphatic hydroxyl groups is 1. The lowest BCUT2D eigenvalue weighted by molar-refractivity contribution is -0.148. The van der Waals surface area contributed by atoms with Gasteiger partial charge in [0.05, 0.1) is 19.4 Å². The molecule has 0 bridgehead atoms. The third kappa shape index (κ3) is 5.77. The minimum absolute atomic E-state index is 0.0645. The predicted molar refractivity (Wildman–Crippen MR) is 126 cm³/mol. The van der Waals surface area contributed by atoms with Crippen molar-refractivity contribution in [3.63, 3.8) is 0 Å². The molecule has 1 aliphatic rings. The van der Waals surface area contributed by atoms with Crippen molar-refractivity contribution in [1.82, 2.24) is 17.9 Å². The largest absolute Gasteiger partial charge is 0.360 e. The second-order valence-electron chi connectivity index (χ2n) is 7.14. The number of aliphatic hydroxyl groups excluding tert-OH is 1. The highest BCUT2D eigenvalue weighted by Crippen LogP contribution is 2.17. The summed E-state index contributed by atoms with van der Waals surface area (Å²) in [6.07, 6.45) is 2.03. The second-order valence-corrected chi connectivity index (χ2v) is 8.38. The molecule has 1 aromatic heterocycles. The quantitative estimate of drug-likeness (QED) is 0.462. The number of aliphatic imine (C=N–C) groups is 1. The summed E-state index contributed by atoms with van der Waals surface area (Å²) in [5.41, 5.74) is 0.965. The molecule has 1 aliphatic heterocycles. The fourth-order valence-electron chi connectivity index (χ4n) is 3.13. The van der Waals surface area contributed by atoms with Crippen molar-refractivity contribution in [2.75, 3.05) is 25.2 Å². The van der Waals surface area contributed by atoms with Crippen LogP contribution < -0.4 is 4.90 Å². The zero-order chi connectivity index (χ0) is 22.4. The number of hydrogen-bond acceptors (Lipinski definition) is 7. The van der Waals surface area contributed by atoms with Gasteiger partial charge in [-0.25, -0.2) is 4.98 Å². The molecular formula is C21H25IN6O3. The van der Waals surface area contributed by atoms with Crippen molar-refractivity contribution >= 4 is 46.8 Å². The summed E-state index contributed by atoms with van der Waals surface area (Å²) in [5.74, 6) is -0.00675. The van der Waals surface area contributed by atoms with Crippen molar-refractivity contribution in [3.05, 3.63) is 60.3 Å². The second kappa shape index (κ2) is 10.6. The number of nitrogens with zero attached hydrogens (tertiary/aromatic N) is 6. The van der Waals surface area contributed by atoms with E-state index in [1.165, 1.54) is 21.4 Å². The van der Waals surface area contributed by atoms with E-state index in [0.29, 0.717) is 12.4 Å². The van der Waals surface area contributed by atoms with Crippen LogP contribution in [0.25, 0.3) is 0 Å². The lowest BCUT2D eigenvalue weighted by atomic mass is 10.2. The summed E-state index contributed by atoms with van der Waals surface area (Å²) in [5, 5.41) is 10.3. The van der Waals surface area contributed by atoms with Crippen molar-refractivity contribution < 1.29 is 14.7 Å². The van der Waals surface area contributed by atoms with Gasteiger partial charge in [0.15, 0.2) is 6.35 Å². The van der Waals surface area contributed by atoms with Crippen LogP contribution in [0.3, 0.4) is 0 Å². The molecule has 1 N–H and O–H groups in total. The first kappa shape index (κ1) is 23.1. The lowest BCUT2D eigenvalue weighted by Gasteiger charge is -2.32. The maximum absolute atomic E-state index is 13.4. The number of aromatic nitrogens is 1. The molecule has 0 aliphatic carbocycles. The highest BCUT2D eigenvalue weighted by molar-refractivity contribution is 14.1. The van der Waals surface area contributed by atoms with E-state index in [1.807, 2.05) is 59.3 Å². The third-order valence-corrected chi connectivity index (χ3v) is 5.78. The van der Waals surface area contributed by atoms with Gasteiger partial charge in [-0.3, -0.25) is 19.5 Å². The van der Waals surface area contributed by atoms with E-state index in [-0.39, 0.29) is 25.0 Å². The number of amides is 2. The third-order valence-electron chi connectivity index (χ3n) is 4.97. The van der Waals surface area contributed by atoms with Crippen LogP contribution >= 0.6 is 22.9 Å². The molecule has 1 aromatic carbocycles. The Balaban J connectivity index is 1.84. The van der Waals surface area contributed by atoms with Crippen LogP contribution in [0.1, 0.15) is 12.5 Å². The Kier molecular flexibility index (Phi) is 7.93. The molecule has 2 atom stereocenters. The van der Waals surface area contributed by atoms with Crippen LogP contribution in [0.2, 0.25) is 0 Å². The number of anilines is 1. The molecule has 0 saturated carbocycles. The summed E-state index contributed by atoms with van der Waals surface area (Å²) in [4.78, 5) is 39.2. The Morgan fingerprint density at radius 2 is 1.94 bits per heavy atom. The predicted octanol–water partition coefficient (Wildman–Crippen LogP) is 1.69. The van der Waals surface area contributed by atoms with Gasteiger partial charge >= 0.3 is 0 Å². The Hall–Kier alpha value is -2.57. The van der Waals surface area contributed by atoms with Gasteiger partial charge in [0.1, 0.15) is 18.5 Å². The first-order valence-electron chi connectivity index (χ1n) is 9.76. The highest BCUT2D eigenvalue weighted by atomic mass is 127. The summed E-state index contributed by atoms with van der Waals surface area (Å²) < 4.78 is 1.50. The molecule has 0 fully saturated rings. The minimum Gasteiger partial charge on any atom is -0.360 e. The SMILES string of the molecule is CC1C(=O)N(C)C(O)N(I)CN=CN1CC(=O)N(Cc1ccccc1)c1ccccn1. The van der Waals surface area contributed by atoms with Crippen molar-refractivity contribution in [3.8, 4) is 0 Å². The maximum Gasteiger partial charge on any atom is 0.248 e. The monoisotopic (exact) mass is 536 g/mol. The molecule has 2 amide bonds. The van der Waals surface area contributed by atoms with Gasteiger partial charge in [-0.1, -0.05) is 36.4 Å². The zero-order valence-corrected chi connectivity index (χ0v) is 19.5. The summed E-state index contributed by atoms with van der Waals surface area (Å²) in [6, 6.07) is 14.4. The number of benzene rings is 1. The highest BCUT2D eigenvalue weighted by Gasteiger charge is 2.32. The zero-order valence-electron chi connectivity index (χ0n) is 17.4. The van der Waals surface area contributed by atoms with Crippen molar-refractivity contribution in [1.29, 1.82) is 0 Å². The van der Waals surface area contributed by atoms with Crippen molar-refractivity contribution in [2.24, 2.45) is 4.99 Å². The van der Waals surface area contributed by atoms with E-state index >= 15 is 0 Å². The summed E-state index contributed by atoms with van der Waals surface area (Å²) >= 11 is 1.91. The Labute approximate surface area is 195 Å². The van der Waals surface area contributed by atoms with Gasteiger partial charge < -0.3 is 14.9 Å². The van der Waals surface area contributed by atoms with E-state index in [4.69, 9.17) is 0 Å². The Morgan fingerprint density at radius 1 is 1.23 bits per heavy atom. The van der Waals surface area contributed by atoms with Crippen LogP contribution in [0.4, 0.5) is 5.82 Å². The minimum atomic E-state index is -1.11. The molecule has 9 nitrogen and oxygen atoms in total. The Morgan fingerprint density at radius 3 is 2.61 bits per heavy atom. The smallest absolute Gasteiger partial charge is 0.248 e. The number of halogens is 1. The number of pyridine rings is 1. The van der Waals surface area contributed by atoms with E-state index in [0.717, 1.165) is 5.56 Å². The molecule has 2 heterocycles. The number of carbonyl (C=O) groups excluding carboxylic acids is 2. The van der Waals surface area contributed by atoms with Gasteiger partial charge in [0.25, 0.3) is 0 Å². The molecule has 0 radical (unpaired) electrons. The Bertz CT molecular complexity index is 914. The van der Waals surface area contributed by atoms with E-state index in [1.54, 1.807) is 35.1 Å². The molecule has 10 heteroatoms. The molecule has 164 valence electrons. The average molecular weight is 536 g/mol. The van der Waals surface area contributed by atoms with Crippen LogP contribution in [-0.4, -0.2) is 73.8 Å². The number of hydrogen-bond donors (Lipinski definition) is 1. The molecular weight excluding hydrogens is 511 g/mol. The normalized spacial score (nSPS) is 20.2. The van der Waals surface area contributed by atoms with Crippen LogP contribution in [0, 0.1) is 0 Å². The molecule has 2 unspecified atom stereocenters. The standard InChI is InChI=1S/C21H25IN6O3/c1-16-20(30)25(2)21(31)28(22)15-23-14-26(16)13-19(29)27(18-10-6-7-11-24-18)12-17-8-4-3-5-9-17/h3-11,14,16,21,31H,12-13,15H2,1-2H3. The summed E-state index contributed by atoms with van der Waals surface area (Å²) in [6.45, 7) is 2.15. The van der Waals surface area contributed by atoms with Gasteiger partial charge in [0, 0.05) is 36.1 Å². The van der Waals surface area contributed by atoms with Gasteiger partial charge in [-0.05, 0) is 24.6 Å². The fourth-order valence-corrected chi connectivity index (χ4v) is 3.68. The molecule has 31 heavy (non-hydrogen) atoms. The maximum atomic E-state index is 13.4. The fraction of sp³-hybridized carbons (Fsp3) is 0.333.